The van der Waals surface area contributed by atoms with Crippen LogP contribution in [-0.2, 0) is 4.74 Å². The third kappa shape index (κ3) is 4.22. The van der Waals surface area contributed by atoms with Crippen molar-refractivity contribution in [1.29, 1.82) is 0 Å². The molecule has 0 radical (unpaired) electrons. The summed E-state index contributed by atoms with van der Waals surface area (Å²) in [6, 6.07) is 2.03. The van der Waals surface area contributed by atoms with Crippen molar-refractivity contribution in [2.45, 2.75) is 52.5 Å². The molecule has 29 heavy (non-hydrogen) atoms. The molecule has 2 aromatic rings. The molecule has 8 heteroatoms. The number of aryl methyl sites for hydroxylation is 2. The topological polar surface area (TPSA) is 84.3 Å². The standard InChI is InChI=1S/C21H30N6O2/c1-13(2)27-20(16-5-6-16)17(12-22-27)24-21(28)25-19-15(4)23-14(3)11-18(19)26-7-9-29-10-8-26/h11-13,16H,5-10H2,1-4H3,(H2,24,25,28). The Morgan fingerprint density at radius 3 is 2.59 bits per heavy atom. The number of aromatic nitrogens is 3. The van der Waals surface area contributed by atoms with E-state index in [1.54, 1.807) is 6.20 Å². The molecule has 156 valence electrons. The van der Waals surface area contributed by atoms with Gasteiger partial charge in [-0.3, -0.25) is 9.67 Å². The molecule has 2 aromatic heterocycles. The maximum atomic E-state index is 12.9. The van der Waals surface area contributed by atoms with Gasteiger partial charge in [-0.15, -0.1) is 0 Å². The molecule has 2 amide bonds. The molecule has 0 aromatic carbocycles. The number of morpholine rings is 1. The second-order valence-electron chi connectivity index (χ2n) is 8.18. The highest BCUT2D eigenvalue weighted by Gasteiger charge is 2.31. The van der Waals surface area contributed by atoms with Crippen molar-refractivity contribution in [3.8, 4) is 0 Å². The number of hydrogen-bond donors (Lipinski definition) is 2. The minimum atomic E-state index is -0.265. The van der Waals surface area contributed by atoms with Gasteiger partial charge in [0.15, 0.2) is 0 Å². The van der Waals surface area contributed by atoms with Crippen LogP contribution in [-0.4, -0.2) is 47.1 Å². The van der Waals surface area contributed by atoms with Crippen LogP contribution in [0.4, 0.5) is 21.9 Å². The number of carbonyl (C=O) groups is 1. The van der Waals surface area contributed by atoms with Crippen LogP contribution < -0.4 is 15.5 Å². The van der Waals surface area contributed by atoms with Crippen molar-refractivity contribution in [2.75, 3.05) is 41.8 Å². The lowest BCUT2D eigenvalue weighted by Crippen LogP contribution is -2.37. The van der Waals surface area contributed by atoms with E-state index in [-0.39, 0.29) is 12.1 Å². The summed E-state index contributed by atoms with van der Waals surface area (Å²) in [6.07, 6.45) is 4.06. The fourth-order valence-corrected chi connectivity index (χ4v) is 3.93. The van der Waals surface area contributed by atoms with Crippen LogP contribution in [0.1, 0.15) is 55.7 Å². The minimum Gasteiger partial charge on any atom is -0.378 e. The highest BCUT2D eigenvalue weighted by molar-refractivity contribution is 6.02. The summed E-state index contributed by atoms with van der Waals surface area (Å²) in [7, 11) is 0. The van der Waals surface area contributed by atoms with E-state index in [2.05, 4.69) is 39.5 Å². The molecule has 0 spiro atoms. The van der Waals surface area contributed by atoms with Crippen molar-refractivity contribution in [1.82, 2.24) is 14.8 Å². The number of carbonyl (C=O) groups excluding carboxylic acids is 1. The van der Waals surface area contributed by atoms with Gasteiger partial charge in [-0.05, 0) is 46.6 Å². The fraction of sp³-hybridized carbons (Fsp3) is 0.571. The summed E-state index contributed by atoms with van der Waals surface area (Å²) in [6.45, 7) is 11.1. The average molecular weight is 399 g/mol. The first kappa shape index (κ1) is 19.7. The van der Waals surface area contributed by atoms with Gasteiger partial charge >= 0.3 is 6.03 Å². The molecule has 0 bridgehead atoms. The van der Waals surface area contributed by atoms with E-state index in [1.807, 2.05) is 24.6 Å². The maximum Gasteiger partial charge on any atom is 0.323 e. The van der Waals surface area contributed by atoms with Gasteiger partial charge in [0, 0.05) is 30.7 Å². The molecule has 8 nitrogen and oxygen atoms in total. The average Bonchev–Trinajstić information content (AvgIpc) is 3.44. The van der Waals surface area contributed by atoms with Crippen LogP contribution in [0, 0.1) is 13.8 Å². The Bertz CT molecular complexity index is 897. The monoisotopic (exact) mass is 398 g/mol. The number of rotatable bonds is 5. The number of pyridine rings is 1. The largest absolute Gasteiger partial charge is 0.378 e. The van der Waals surface area contributed by atoms with Gasteiger partial charge in [-0.2, -0.15) is 5.10 Å². The van der Waals surface area contributed by atoms with Gasteiger partial charge in [-0.25, -0.2) is 4.79 Å². The van der Waals surface area contributed by atoms with E-state index in [9.17, 15) is 4.79 Å². The molecule has 0 unspecified atom stereocenters. The zero-order valence-electron chi connectivity index (χ0n) is 17.7. The van der Waals surface area contributed by atoms with Crippen molar-refractivity contribution < 1.29 is 9.53 Å². The molecule has 1 aliphatic carbocycles. The Balaban J connectivity index is 1.56. The van der Waals surface area contributed by atoms with Gasteiger partial charge < -0.3 is 20.3 Å². The third-order valence-electron chi connectivity index (χ3n) is 5.43. The maximum absolute atomic E-state index is 12.9. The van der Waals surface area contributed by atoms with E-state index < -0.39 is 0 Å². The Kier molecular flexibility index (Phi) is 5.45. The summed E-state index contributed by atoms with van der Waals surface area (Å²) in [4.78, 5) is 19.7. The quantitative estimate of drug-likeness (QED) is 0.800. The lowest BCUT2D eigenvalue weighted by molar-refractivity contribution is 0.123. The number of nitrogens with zero attached hydrogens (tertiary/aromatic N) is 4. The molecule has 4 rings (SSSR count). The highest BCUT2D eigenvalue weighted by Crippen LogP contribution is 2.44. The van der Waals surface area contributed by atoms with E-state index >= 15 is 0 Å². The van der Waals surface area contributed by atoms with Gasteiger partial charge in [0.2, 0.25) is 0 Å². The third-order valence-corrected chi connectivity index (χ3v) is 5.43. The number of anilines is 3. The van der Waals surface area contributed by atoms with Crippen LogP contribution in [0.2, 0.25) is 0 Å². The van der Waals surface area contributed by atoms with Crippen molar-refractivity contribution in [2.24, 2.45) is 0 Å². The lowest BCUT2D eigenvalue weighted by Gasteiger charge is -2.31. The Morgan fingerprint density at radius 2 is 1.93 bits per heavy atom. The molecule has 1 aliphatic heterocycles. The van der Waals surface area contributed by atoms with Crippen LogP contribution in [0.5, 0.6) is 0 Å². The molecule has 2 aliphatic rings. The van der Waals surface area contributed by atoms with Gasteiger partial charge in [0.05, 0.1) is 47.9 Å². The van der Waals surface area contributed by atoms with Gasteiger partial charge in [0.25, 0.3) is 0 Å². The second kappa shape index (κ2) is 8.02. The molecule has 0 atom stereocenters. The Hall–Kier alpha value is -2.61. The molecule has 3 heterocycles. The van der Waals surface area contributed by atoms with E-state index in [0.29, 0.717) is 19.1 Å². The van der Waals surface area contributed by atoms with Gasteiger partial charge in [0.1, 0.15) is 0 Å². The first-order chi connectivity index (χ1) is 13.9. The molecule has 2 fully saturated rings. The second-order valence-corrected chi connectivity index (χ2v) is 8.18. The summed E-state index contributed by atoms with van der Waals surface area (Å²) < 4.78 is 7.50. The fourth-order valence-electron chi connectivity index (χ4n) is 3.93. The normalized spacial score (nSPS) is 16.9. The molecule has 1 saturated carbocycles. The van der Waals surface area contributed by atoms with Gasteiger partial charge in [-0.1, -0.05) is 0 Å². The Labute approximate surface area is 171 Å². The van der Waals surface area contributed by atoms with Crippen molar-refractivity contribution in [3.63, 3.8) is 0 Å². The first-order valence-corrected chi connectivity index (χ1v) is 10.4. The zero-order chi connectivity index (χ0) is 20.5. The number of urea groups is 1. The van der Waals surface area contributed by atoms with E-state index in [1.165, 1.54) is 0 Å². The van der Waals surface area contributed by atoms with Crippen molar-refractivity contribution in [3.05, 3.63) is 29.3 Å². The SMILES string of the molecule is Cc1cc(N2CCOCC2)c(NC(=O)Nc2cnn(C(C)C)c2C2CC2)c(C)n1. The molecule has 2 N–H and O–H groups in total. The summed E-state index contributed by atoms with van der Waals surface area (Å²) in [5, 5.41) is 10.6. The molecular weight excluding hydrogens is 368 g/mol. The number of ether oxygens (including phenoxy) is 1. The number of hydrogen-bond acceptors (Lipinski definition) is 5. The van der Waals surface area contributed by atoms with Crippen LogP contribution >= 0.6 is 0 Å². The number of amides is 2. The predicted octanol–water partition coefficient (Wildman–Crippen LogP) is 3.83. The zero-order valence-corrected chi connectivity index (χ0v) is 17.7. The Morgan fingerprint density at radius 1 is 1.21 bits per heavy atom. The lowest BCUT2D eigenvalue weighted by atomic mass is 10.2. The highest BCUT2D eigenvalue weighted by atomic mass is 16.5. The minimum absolute atomic E-state index is 0.265. The predicted molar refractivity (Wildman–Crippen MR) is 114 cm³/mol. The van der Waals surface area contributed by atoms with Crippen LogP contribution in [0.25, 0.3) is 0 Å². The first-order valence-electron chi connectivity index (χ1n) is 10.4. The molecular formula is C21H30N6O2. The van der Waals surface area contributed by atoms with Crippen LogP contribution in [0.15, 0.2) is 12.3 Å². The van der Waals surface area contributed by atoms with E-state index in [0.717, 1.165) is 60.1 Å². The summed E-state index contributed by atoms with van der Waals surface area (Å²) in [5.41, 5.74) is 5.41. The van der Waals surface area contributed by atoms with Crippen molar-refractivity contribution >= 4 is 23.1 Å². The molecule has 1 saturated heterocycles. The smallest absolute Gasteiger partial charge is 0.323 e. The van der Waals surface area contributed by atoms with Crippen LogP contribution in [0.3, 0.4) is 0 Å². The van der Waals surface area contributed by atoms with E-state index in [4.69, 9.17) is 4.74 Å². The number of nitrogens with one attached hydrogen (secondary N) is 2. The summed E-state index contributed by atoms with van der Waals surface area (Å²) >= 11 is 0. The summed E-state index contributed by atoms with van der Waals surface area (Å²) in [5.74, 6) is 0.488.